The van der Waals surface area contributed by atoms with Gasteiger partial charge in [0.2, 0.25) is 0 Å². The number of amides is 1. The van der Waals surface area contributed by atoms with Crippen molar-refractivity contribution in [1.29, 1.82) is 0 Å². The zero-order valence-electron chi connectivity index (χ0n) is 18.6. The molecule has 0 bridgehead atoms. The number of aromatic nitrogens is 1. The Hall–Kier alpha value is -4.16. The fourth-order valence-corrected chi connectivity index (χ4v) is 4.92. The smallest absolute Gasteiger partial charge is 0.322 e. The highest BCUT2D eigenvalue weighted by molar-refractivity contribution is 6.02. The number of hydrogen-bond donors (Lipinski definition) is 0. The lowest BCUT2D eigenvalue weighted by molar-refractivity contribution is -0.186. The highest BCUT2D eigenvalue weighted by Crippen LogP contribution is 2.56. The first-order chi connectivity index (χ1) is 16.7. The second kappa shape index (κ2) is 8.01. The van der Waals surface area contributed by atoms with Gasteiger partial charge >= 0.3 is 11.7 Å². The van der Waals surface area contributed by atoms with Crippen molar-refractivity contribution in [3.63, 3.8) is 0 Å². The van der Waals surface area contributed by atoms with Gasteiger partial charge in [-0.05, 0) is 42.0 Å². The van der Waals surface area contributed by atoms with Crippen molar-refractivity contribution in [2.24, 2.45) is 0 Å². The molecule has 6 nitrogen and oxygen atoms in total. The number of hydroxylamine groups is 1. The standard InChI is InChI=1S/C28H23N3O3/c1-30-23-17-8-9-18-24(23)33-28(27(30)32)25(20-12-4-2-5-13-20)26(22-16-10-11-19-29-22)31(34-28)21-14-6-3-7-15-21/h2-19,25-26H,1H3/t25-,26+,28-/m0/s1. The van der Waals surface area contributed by atoms with Gasteiger partial charge in [-0.3, -0.25) is 9.78 Å². The average molecular weight is 450 g/mol. The number of benzene rings is 3. The van der Waals surface area contributed by atoms with Gasteiger partial charge in [0.25, 0.3) is 0 Å². The molecule has 3 atom stereocenters. The fraction of sp³-hybridized carbons (Fsp3) is 0.143. The minimum atomic E-state index is -1.61. The van der Waals surface area contributed by atoms with Gasteiger partial charge in [-0.15, -0.1) is 0 Å². The number of anilines is 2. The average Bonchev–Trinajstić information content (AvgIpc) is 3.24. The number of hydrogen-bond acceptors (Lipinski definition) is 5. The van der Waals surface area contributed by atoms with Crippen LogP contribution in [0.15, 0.2) is 109 Å². The summed E-state index contributed by atoms with van der Waals surface area (Å²) in [6.45, 7) is 0. The summed E-state index contributed by atoms with van der Waals surface area (Å²) in [6.07, 6.45) is 1.76. The zero-order valence-corrected chi connectivity index (χ0v) is 18.6. The topological polar surface area (TPSA) is 54.9 Å². The van der Waals surface area contributed by atoms with Gasteiger partial charge in [0.05, 0.1) is 23.0 Å². The van der Waals surface area contributed by atoms with Gasteiger partial charge in [0.1, 0.15) is 11.8 Å². The molecule has 0 radical (unpaired) electrons. The zero-order chi connectivity index (χ0) is 23.1. The van der Waals surface area contributed by atoms with Crippen molar-refractivity contribution in [2.45, 2.75) is 17.7 Å². The van der Waals surface area contributed by atoms with E-state index in [1.807, 2.05) is 103 Å². The number of para-hydroxylation sites is 3. The second-order valence-electron chi connectivity index (χ2n) is 8.44. The maximum absolute atomic E-state index is 14.1. The van der Waals surface area contributed by atoms with Gasteiger partial charge in [-0.2, -0.15) is 0 Å². The van der Waals surface area contributed by atoms with Crippen molar-refractivity contribution in [1.82, 2.24) is 4.98 Å². The Bertz CT molecular complexity index is 1320. The molecule has 0 aliphatic carbocycles. The molecule has 1 saturated heterocycles. The van der Waals surface area contributed by atoms with Crippen LogP contribution < -0.4 is 14.7 Å². The van der Waals surface area contributed by atoms with E-state index in [4.69, 9.17) is 9.57 Å². The molecule has 1 spiro atoms. The van der Waals surface area contributed by atoms with Crippen molar-refractivity contribution in [3.8, 4) is 5.75 Å². The molecule has 1 fully saturated rings. The third-order valence-corrected chi connectivity index (χ3v) is 6.46. The molecule has 1 amide bonds. The predicted octanol–water partition coefficient (Wildman–Crippen LogP) is 5.11. The van der Waals surface area contributed by atoms with Crippen LogP contribution in [0.3, 0.4) is 0 Å². The molecular weight excluding hydrogens is 426 g/mol. The number of pyridine rings is 1. The van der Waals surface area contributed by atoms with Crippen LogP contribution in [0.25, 0.3) is 0 Å². The summed E-state index contributed by atoms with van der Waals surface area (Å²) in [5, 5.41) is 1.78. The Labute approximate surface area is 197 Å². The van der Waals surface area contributed by atoms with E-state index in [0.717, 1.165) is 16.9 Å². The van der Waals surface area contributed by atoms with Crippen LogP contribution in [-0.2, 0) is 9.63 Å². The largest absolute Gasteiger partial charge is 0.449 e. The molecule has 0 N–H and O–H groups in total. The molecule has 3 heterocycles. The molecule has 2 aliphatic rings. The lowest BCUT2D eigenvalue weighted by Crippen LogP contribution is -2.58. The summed E-state index contributed by atoms with van der Waals surface area (Å²) in [5.41, 5.74) is 3.24. The predicted molar refractivity (Wildman–Crippen MR) is 129 cm³/mol. The van der Waals surface area contributed by atoms with E-state index in [1.54, 1.807) is 23.2 Å². The lowest BCUT2D eigenvalue weighted by atomic mass is 9.81. The van der Waals surface area contributed by atoms with E-state index in [-0.39, 0.29) is 5.91 Å². The molecule has 6 rings (SSSR count). The number of likely N-dealkylation sites (N-methyl/N-ethyl adjacent to an activating group) is 1. The van der Waals surface area contributed by atoms with Gasteiger partial charge in [0, 0.05) is 13.2 Å². The molecule has 3 aromatic carbocycles. The summed E-state index contributed by atoms with van der Waals surface area (Å²) < 4.78 is 6.55. The van der Waals surface area contributed by atoms with Crippen LogP contribution >= 0.6 is 0 Å². The van der Waals surface area contributed by atoms with Crippen LogP contribution in [0, 0.1) is 0 Å². The molecular formula is C28H23N3O3. The summed E-state index contributed by atoms with van der Waals surface area (Å²) in [7, 11) is 1.76. The minimum Gasteiger partial charge on any atom is -0.449 e. The van der Waals surface area contributed by atoms with Crippen LogP contribution in [-0.4, -0.2) is 23.7 Å². The molecule has 34 heavy (non-hydrogen) atoms. The van der Waals surface area contributed by atoms with Crippen molar-refractivity contribution in [2.75, 3.05) is 17.0 Å². The van der Waals surface area contributed by atoms with Crippen LogP contribution in [0.4, 0.5) is 11.4 Å². The third-order valence-electron chi connectivity index (χ3n) is 6.46. The highest BCUT2D eigenvalue weighted by Gasteiger charge is 2.65. The van der Waals surface area contributed by atoms with Crippen molar-refractivity contribution in [3.05, 3.63) is 121 Å². The lowest BCUT2D eigenvalue weighted by Gasteiger charge is -2.40. The summed E-state index contributed by atoms with van der Waals surface area (Å²) in [5.74, 6) is -1.77. The molecule has 0 saturated carbocycles. The van der Waals surface area contributed by atoms with Crippen LogP contribution in [0.1, 0.15) is 23.2 Å². The highest BCUT2D eigenvalue weighted by atomic mass is 16.8. The normalized spacial score (nSPS) is 23.6. The van der Waals surface area contributed by atoms with E-state index >= 15 is 0 Å². The van der Waals surface area contributed by atoms with Crippen LogP contribution in [0.5, 0.6) is 5.75 Å². The molecule has 0 unspecified atom stereocenters. The molecule has 2 aliphatic heterocycles. The summed E-state index contributed by atoms with van der Waals surface area (Å²) in [6, 6.07) is 32.6. The third kappa shape index (κ3) is 3.07. The first-order valence-electron chi connectivity index (χ1n) is 11.2. The SMILES string of the molecule is CN1C(=O)[C@@]2(Oc3ccccc31)ON(c1ccccc1)[C@H](c1ccccn1)[C@@H]2c1ccccc1. The number of ether oxygens (including phenoxy) is 1. The number of carbonyl (C=O) groups excluding carboxylic acids is 1. The van der Waals surface area contributed by atoms with Gasteiger partial charge in [0.15, 0.2) is 0 Å². The molecule has 1 aromatic heterocycles. The van der Waals surface area contributed by atoms with Gasteiger partial charge in [-0.1, -0.05) is 66.7 Å². The number of rotatable bonds is 3. The molecule has 6 heteroatoms. The van der Waals surface area contributed by atoms with Gasteiger partial charge < -0.3 is 9.64 Å². The van der Waals surface area contributed by atoms with E-state index < -0.39 is 17.7 Å². The quantitative estimate of drug-likeness (QED) is 0.435. The maximum atomic E-state index is 14.1. The Kier molecular flexibility index (Phi) is 4.81. The Morgan fingerprint density at radius 3 is 2.24 bits per heavy atom. The monoisotopic (exact) mass is 449 g/mol. The van der Waals surface area contributed by atoms with Crippen molar-refractivity contribution < 1.29 is 14.4 Å². The molecule has 4 aromatic rings. The van der Waals surface area contributed by atoms with Crippen LogP contribution in [0.2, 0.25) is 0 Å². The maximum Gasteiger partial charge on any atom is 0.322 e. The summed E-state index contributed by atoms with van der Waals surface area (Å²) >= 11 is 0. The van der Waals surface area contributed by atoms with E-state index in [2.05, 4.69) is 4.98 Å². The second-order valence-corrected chi connectivity index (χ2v) is 8.44. The van der Waals surface area contributed by atoms with E-state index in [0.29, 0.717) is 11.4 Å². The van der Waals surface area contributed by atoms with E-state index in [9.17, 15) is 4.79 Å². The van der Waals surface area contributed by atoms with Crippen molar-refractivity contribution >= 4 is 17.3 Å². The molecule has 168 valence electrons. The Morgan fingerprint density at radius 2 is 1.50 bits per heavy atom. The van der Waals surface area contributed by atoms with E-state index in [1.165, 1.54) is 0 Å². The fourth-order valence-electron chi connectivity index (χ4n) is 4.92. The Morgan fingerprint density at radius 1 is 0.824 bits per heavy atom. The summed E-state index contributed by atoms with van der Waals surface area (Å²) in [4.78, 5) is 27.0. The van der Waals surface area contributed by atoms with Gasteiger partial charge in [-0.25, -0.2) is 9.90 Å². The number of fused-ring (bicyclic) bond motifs is 1. The number of carbonyl (C=O) groups is 1. The minimum absolute atomic E-state index is 0.264. The number of nitrogens with zero attached hydrogens (tertiary/aromatic N) is 3. The first kappa shape index (κ1) is 20.4. The Balaban J connectivity index is 1.60. The first-order valence-corrected chi connectivity index (χ1v) is 11.2.